The van der Waals surface area contributed by atoms with E-state index in [0.717, 1.165) is 5.56 Å². The van der Waals surface area contributed by atoms with Crippen molar-refractivity contribution in [3.8, 4) is 0 Å². The SMILES string of the molecule is O=C1OC(=O)[C@@H]2CC=C[C@H](c3ccccc3)[C@@H]12. The molecule has 1 aliphatic carbocycles. The summed E-state index contributed by atoms with van der Waals surface area (Å²) in [5.41, 5.74) is 1.06. The largest absolute Gasteiger partial charge is 0.393 e. The highest BCUT2D eigenvalue weighted by molar-refractivity contribution is 5.97. The number of ether oxygens (including phenoxy) is 1. The number of esters is 2. The van der Waals surface area contributed by atoms with Gasteiger partial charge in [-0.05, 0) is 12.0 Å². The lowest BCUT2D eigenvalue weighted by atomic mass is 9.74. The molecule has 0 N–H and O–H groups in total. The Kier molecular flexibility index (Phi) is 2.32. The van der Waals surface area contributed by atoms with Crippen molar-refractivity contribution in [2.45, 2.75) is 12.3 Å². The van der Waals surface area contributed by atoms with E-state index in [1.807, 2.05) is 42.5 Å². The molecule has 0 spiro atoms. The van der Waals surface area contributed by atoms with Crippen LogP contribution in [0.25, 0.3) is 0 Å². The van der Waals surface area contributed by atoms with Gasteiger partial charge in [-0.1, -0.05) is 42.5 Å². The van der Waals surface area contributed by atoms with Gasteiger partial charge in [0, 0.05) is 5.92 Å². The highest BCUT2D eigenvalue weighted by Crippen LogP contribution is 2.42. The van der Waals surface area contributed by atoms with Crippen molar-refractivity contribution in [2.24, 2.45) is 11.8 Å². The zero-order chi connectivity index (χ0) is 11.8. The van der Waals surface area contributed by atoms with E-state index >= 15 is 0 Å². The lowest BCUT2D eigenvalue weighted by Gasteiger charge is -2.24. The highest BCUT2D eigenvalue weighted by atomic mass is 16.6. The van der Waals surface area contributed by atoms with E-state index in [1.54, 1.807) is 0 Å². The van der Waals surface area contributed by atoms with Crippen molar-refractivity contribution in [2.75, 3.05) is 0 Å². The van der Waals surface area contributed by atoms with Crippen LogP contribution < -0.4 is 0 Å². The van der Waals surface area contributed by atoms with Crippen molar-refractivity contribution >= 4 is 11.9 Å². The van der Waals surface area contributed by atoms with Gasteiger partial charge in [-0.25, -0.2) is 0 Å². The van der Waals surface area contributed by atoms with Crippen molar-refractivity contribution < 1.29 is 14.3 Å². The molecule has 1 saturated heterocycles. The van der Waals surface area contributed by atoms with Gasteiger partial charge in [0.15, 0.2) is 0 Å². The Morgan fingerprint density at radius 3 is 2.59 bits per heavy atom. The molecule has 0 unspecified atom stereocenters. The monoisotopic (exact) mass is 228 g/mol. The molecular weight excluding hydrogens is 216 g/mol. The van der Waals surface area contributed by atoms with E-state index in [0.29, 0.717) is 6.42 Å². The van der Waals surface area contributed by atoms with Gasteiger partial charge in [0.2, 0.25) is 0 Å². The summed E-state index contributed by atoms with van der Waals surface area (Å²) >= 11 is 0. The van der Waals surface area contributed by atoms with E-state index in [2.05, 4.69) is 0 Å². The summed E-state index contributed by atoms with van der Waals surface area (Å²) in [5.74, 6) is -1.41. The van der Waals surface area contributed by atoms with E-state index in [-0.39, 0.29) is 29.7 Å². The molecule has 3 heteroatoms. The molecular formula is C14H12O3. The van der Waals surface area contributed by atoms with Gasteiger partial charge in [0.25, 0.3) is 0 Å². The molecule has 0 saturated carbocycles. The number of carbonyl (C=O) groups is 2. The van der Waals surface area contributed by atoms with Crippen LogP contribution in [-0.4, -0.2) is 11.9 Å². The topological polar surface area (TPSA) is 43.4 Å². The molecule has 17 heavy (non-hydrogen) atoms. The summed E-state index contributed by atoms with van der Waals surface area (Å²) in [6.45, 7) is 0. The van der Waals surface area contributed by atoms with Gasteiger partial charge >= 0.3 is 11.9 Å². The molecule has 2 aliphatic rings. The van der Waals surface area contributed by atoms with Gasteiger partial charge in [-0.3, -0.25) is 9.59 Å². The highest BCUT2D eigenvalue weighted by Gasteiger charge is 2.48. The third-order valence-corrected chi connectivity index (χ3v) is 3.51. The average molecular weight is 228 g/mol. The van der Waals surface area contributed by atoms with Crippen LogP contribution in [0.1, 0.15) is 17.9 Å². The third-order valence-electron chi connectivity index (χ3n) is 3.51. The lowest BCUT2D eigenvalue weighted by molar-refractivity contribution is -0.153. The summed E-state index contributed by atoms with van der Waals surface area (Å²) in [5, 5.41) is 0. The molecule has 86 valence electrons. The van der Waals surface area contributed by atoms with Crippen molar-refractivity contribution in [1.82, 2.24) is 0 Å². The van der Waals surface area contributed by atoms with Gasteiger partial charge in [0.05, 0.1) is 11.8 Å². The number of allylic oxidation sites excluding steroid dienone is 2. The zero-order valence-corrected chi connectivity index (χ0v) is 9.21. The van der Waals surface area contributed by atoms with Crippen molar-refractivity contribution in [3.05, 3.63) is 48.0 Å². The Hall–Kier alpha value is -1.90. The van der Waals surface area contributed by atoms with E-state index in [9.17, 15) is 9.59 Å². The van der Waals surface area contributed by atoms with Crippen LogP contribution in [0.2, 0.25) is 0 Å². The minimum Gasteiger partial charge on any atom is -0.393 e. The number of rotatable bonds is 1. The number of hydrogen-bond donors (Lipinski definition) is 0. The fourth-order valence-electron chi connectivity index (χ4n) is 2.68. The van der Waals surface area contributed by atoms with Crippen LogP contribution >= 0.6 is 0 Å². The third kappa shape index (κ3) is 1.58. The maximum absolute atomic E-state index is 11.7. The van der Waals surface area contributed by atoms with Crippen molar-refractivity contribution in [3.63, 3.8) is 0 Å². The number of cyclic esters (lactones) is 2. The van der Waals surface area contributed by atoms with Gasteiger partial charge in [0.1, 0.15) is 0 Å². The number of benzene rings is 1. The van der Waals surface area contributed by atoms with Gasteiger partial charge in [-0.2, -0.15) is 0 Å². The first kappa shape index (κ1) is 10.3. The molecule has 3 atom stereocenters. The molecule has 1 aromatic rings. The Morgan fingerprint density at radius 1 is 1.06 bits per heavy atom. The predicted molar refractivity (Wildman–Crippen MR) is 61.0 cm³/mol. The summed E-state index contributed by atoms with van der Waals surface area (Å²) < 4.78 is 4.74. The summed E-state index contributed by atoms with van der Waals surface area (Å²) in [7, 11) is 0. The maximum Gasteiger partial charge on any atom is 0.318 e. The molecule has 1 heterocycles. The Bertz CT molecular complexity index is 489. The summed E-state index contributed by atoms with van der Waals surface area (Å²) in [6.07, 6.45) is 4.59. The van der Waals surface area contributed by atoms with Crippen LogP contribution in [0.4, 0.5) is 0 Å². The summed E-state index contributed by atoms with van der Waals surface area (Å²) in [4.78, 5) is 23.2. The molecule has 3 nitrogen and oxygen atoms in total. The number of hydrogen-bond acceptors (Lipinski definition) is 3. The van der Waals surface area contributed by atoms with E-state index in [4.69, 9.17) is 4.74 Å². The van der Waals surface area contributed by atoms with Crippen LogP contribution in [0.5, 0.6) is 0 Å². The number of fused-ring (bicyclic) bond motifs is 1. The molecule has 3 rings (SSSR count). The van der Waals surface area contributed by atoms with Crippen molar-refractivity contribution in [1.29, 1.82) is 0 Å². The normalized spacial score (nSPS) is 31.2. The standard InChI is InChI=1S/C14H12O3/c15-13-11-8-4-7-10(12(11)14(16)17-13)9-5-2-1-3-6-9/h1-7,10-12H,8H2/t10-,11-,12-/m1/s1. The van der Waals surface area contributed by atoms with Gasteiger partial charge < -0.3 is 4.74 Å². The molecule has 0 radical (unpaired) electrons. The van der Waals surface area contributed by atoms with Gasteiger partial charge in [-0.15, -0.1) is 0 Å². The molecule has 1 aromatic carbocycles. The van der Waals surface area contributed by atoms with Crippen LogP contribution in [0.3, 0.4) is 0 Å². The maximum atomic E-state index is 11.7. The second kappa shape index (κ2) is 3.84. The van der Waals surface area contributed by atoms with E-state index in [1.165, 1.54) is 0 Å². The van der Waals surface area contributed by atoms with Crippen LogP contribution in [-0.2, 0) is 14.3 Å². The fraction of sp³-hybridized carbons (Fsp3) is 0.286. The fourth-order valence-corrected chi connectivity index (χ4v) is 2.68. The Morgan fingerprint density at radius 2 is 1.82 bits per heavy atom. The first-order chi connectivity index (χ1) is 8.27. The molecule has 0 aromatic heterocycles. The van der Waals surface area contributed by atoms with Crippen LogP contribution in [0.15, 0.2) is 42.5 Å². The second-order valence-corrected chi connectivity index (χ2v) is 4.47. The van der Waals surface area contributed by atoms with Crippen LogP contribution in [0, 0.1) is 11.8 Å². The minimum absolute atomic E-state index is 0.0334. The molecule has 0 bridgehead atoms. The molecule has 1 aliphatic heterocycles. The number of carbonyl (C=O) groups excluding carboxylic acids is 2. The zero-order valence-electron chi connectivity index (χ0n) is 9.21. The Labute approximate surface area is 99.1 Å². The molecule has 0 amide bonds. The average Bonchev–Trinajstić information content (AvgIpc) is 2.66. The first-order valence-electron chi connectivity index (χ1n) is 5.74. The lowest BCUT2D eigenvalue weighted by Crippen LogP contribution is -2.26. The molecule has 1 fully saturated rings. The Balaban J connectivity index is 2.00. The smallest absolute Gasteiger partial charge is 0.318 e. The van der Waals surface area contributed by atoms with E-state index < -0.39 is 0 Å². The minimum atomic E-state index is -0.377. The predicted octanol–water partition coefficient (Wildman–Crippen LogP) is 2.05. The second-order valence-electron chi connectivity index (χ2n) is 4.47. The quantitative estimate of drug-likeness (QED) is 0.419. The summed E-state index contributed by atoms with van der Waals surface area (Å²) in [6, 6.07) is 9.77. The first-order valence-corrected chi connectivity index (χ1v) is 5.74.